The summed E-state index contributed by atoms with van der Waals surface area (Å²) in [5.41, 5.74) is 4.51. The lowest BCUT2D eigenvalue weighted by molar-refractivity contribution is -0.147. The van der Waals surface area contributed by atoms with Gasteiger partial charge in [0.2, 0.25) is 0 Å². The Kier molecular flexibility index (Phi) is 9.79. The molecule has 4 aromatic carbocycles. The number of carbonyl (C=O) groups is 1. The first-order valence-electron chi connectivity index (χ1n) is 12.6. The SMILES string of the molecule is COc1ccc(CO[C@@H](/C=C/CCSC(c2ccccc2)(c2ccccc2)c2ccccc2)C(=O)O)cc1. The van der Waals surface area contributed by atoms with E-state index in [0.717, 1.165) is 17.1 Å². The van der Waals surface area contributed by atoms with Crippen LogP contribution in [0.1, 0.15) is 28.7 Å². The Balaban J connectivity index is 1.49. The number of ether oxygens (including phenoxy) is 2. The van der Waals surface area contributed by atoms with E-state index in [4.69, 9.17) is 9.47 Å². The number of methoxy groups -OCH3 is 1. The minimum atomic E-state index is -1.01. The minimum absolute atomic E-state index is 0.208. The smallest absolute Gasteiger partial charge is 0.336 e. The van der Waals surface area contributed by atoms with Crippen LogP contribution in [0, 0.1) is 0 Å². The van der Waals surface area contributed by atoms with Gasteiger partial charge in [-0.15, -0.1) is 11.8 Å². The van der Waals surface area contributed by atoms with Gasteiger partial charge in [-0.3, -0.25) is 0 Å². The third-order valence-electron chi connectivity index (χ3n) is 6.29. The molecule has 38 heavy (non-hydrogen) atoms. The molecule has 0 fully saturated rings. The number of carboxylic acid groups (broad SMARTS) is 1. The van der Waals surface area contributed by atoms with Crippen LogP contribution in [0.25, 0.3) is 0 Å². The molecule has 194 valence electrons. The number of hydrogen-bond acceptors (Lipinski definition) is 4. The van der Waals surface area contributed by atoms with Crippen molar-refractivity contribution in [2.45, 2.75) is 23.9 Å². The van der Waals surface area contributed by atoms with Gasteiger partial charge in [0.1, 0.15) is 5.75 Å². The topological polar surface area (TPSA) is 55.8 Å². The number of rotatable bonds is 13. The molecule has 4 rings (SSSR count). The van der Waals surface area contributed by atoms with Crippen molar-refractivity contribution in [2.24, 2.45) is 0 Å². The van der Waals surface area contributed by atoms with Gasteiger partial charge in [0, 0.05) is 0 Å². The summed E-state index contributed by atoms with van der Waals surface area (Å²) in [6, 6.07) is 39.0. The second-order valence-corrected chi connectivity index (χ2v) is 10.1. The van der Waals surface area contributed by atoms with Gasteiger partial charge in [0.05, 0.1) is 18.5 Å². The summed E-state index contributed by atoms with van der Waals surface area (Å²) < 4.78 is 10.5. The van der Waals surface area contributed by atoms with E-state index in [2.05, 4.69) is 72.8 Å². The van der Waals surface area contributed by atoms with Crippen LogP contribution in [0.3, 0.4) is 0 Å². The van der Waals surface area contributed by atoms with Gasteiger partial charge in [-0.25, -0.2) is 4.79 Å². The fraction of sp³-hybridized carbons (Fsp3) is 0.182. The molecule has 0 aliphatic rings. The first-order valence-corrected chi connectivity index (χ1v) is 13.6. The Labute approximate surface area is 229 Å². The third kappa shape index (κ3) is 6.74. The Morgan fingerprint density at radius 1 is 0.816 bits per heavy atom. The van der Waals surface area contributed by atoms with Crippen LogP contribution in [0.4, 0.5) is 0 Å². The van der Waals surface area contributed by atoms with Crippen LogP contribution in [0.15, 0.2) is 127 Å². The molecule has 0 radical (unpaired) electrons. The van der Waals surface area contributed by atoms with Crippen LogP contribution in [-0.4, -0.2) is 30.0 Å². The van der Waals surface area contributed by atoms with E-state index in [-0.39, 0.29) is 6.61 Å². The van der Waals surface area contributed by atoms with Crippen LogP contribution in [-0.2, 0) is 20.9 Å². The quantitative estimate of drug-likeness (QED) is 0.113. The number of hydrogen-bond donors (Lipinski definition) is 1. The van der Waals surface area contributed by atoms with Gasteiger partial charge in [-0.05, 0) is 52.6 Å². The molecular formula is C33H32O4S. The zero-order valence-electron chi connectivity index (χ0n) is 21.4. The molecule has 0 amide bonds. The number of thioether (sulfide) groups is 1. The van der Waals surface area contributed by atoms with E-state index in [1.165, 1.54) is 16.7 Å². The van der Waals surface area contributed by atoms with E-state index >= 15 is 0 Å². The van der Waals surface area contributed by atoms with Crippen molar-refractivity contribution in [1.82, 2.24) is 0 Å². The molecule has 0 spiro atoms. The lowest BCUT2D eigenvalue weighted by atomic mass is 9.84. The predicted octanol–water partition coefficient (Wildman–Crippen LogP) is 7.34. The van der Waals surface area contributed by atoms with Crippen molar-refractivity contribution >= 4 is 17.7 Å². The van der Waals surface area contributed by atoms with Crippen molar-refractivity contribution < 1.29 is 19.4 Å². The lowest BCUT2D eigenvalue weighted by Gasteiger charge is -2.35. The molecule has 0 unspecified atom stereocenters. The molecule has 0 aliphatic carbocycles. The van der Waals surface area contributed by atoms with Gasteiger partial charge in [-0.1, -0.05) is 109 Å². The average molecular weight is 525 g/mol. The van der Waals surface area contributed by atoms with Crippen molar-refractivity contribution in [3.05, 3.63) is 150 Å². The summed E-state index contributed by atoms with van der Waals surface area (Å²) in [5.74, 6) is 0.535. The molecule has 4 nitrogen and oxygen atoms in total. The maximum absolute atomic E-state index is 11.8. The van der Waals surface area contributed by atoms with E-state index in [0.29, 0.717) is 6.42 Å². The highest BCUT2D eigenvalue weighted by Crippen LogP contribution is 2.48. The number of aliphatic carboxylic acids is 1. The van der Waals surface area contributed by atoms with Crippen LogP contribution in [0.5, 0.6) is 5.75 Å². The predicted molar refractivity (Wildman–Crippen MR) is 155 cm³/mol. The van der Waals surface area contributed by atoms with E-state index in [9.17, 15) is 9.90 Å². The number of allylic oxidation sites excluding steroid dienone is 1. The van der Waals surface area contributed by atoms with Crippen LogP contribution in [0.2, 0.25) is 0 Å². The first kappa shape index (κ1) is 27.2. The summed E-state index contributed by atoms with van der Waals surface area (Å²) in [6.07, 6.45) is 3.24. The molecular weight excluding hydrogens is 492 g/mol. The summed E-state index contributed by atoms with van der Waals surface area (Å²) in [7, 11) is 1.61. The third-order valence-corrected chi connectivity index (χ3v) is 7.87. The van der Waals surface area contributed by atoms with Crippen molar-refractivity contribution in [3.8, 4) is 5.75 Å². The second-order valence-electron chi connectivity index (χ2n) is 8.76. The average Bonchev–Trinajstić information content (AvgIpc) is 2.98. The summed E-state index contributed by atoms with van der Waals surface area (Å²) >= 11 is 1.85. The molecule has 1 N–H and O–H groups in total. The monoisotopic (exact) mass is 524 g/mol. The van der Waals surface area contributed by atoms with Gasteiger partial charge >= 0.3 is 5.97 Å². The van der Waals surface area contributed by atoms with Crippen LogP contribution >= 0.6 is 11.8 Å². The molecule has 0 aromatic heterocycles. The maximum Gasteiger partial charge on any atom is 0.336 e. The highest BCUT2D eigenvalue weighted by atomic mass is 32.2. The second kappa shape index (κ2) is 13.7. The Hall–Kier alpha value is -3.80. The normalized spacial score (nSPS) is 12.3. The van der Waals surface area contributed by atoms with E-state index < -0.39 is 16.8 Å². The lowest BCUT2D eigenvalue weighted by Crippen LogP contribution is -2.26. The molecule has 0 heterocycles. The Bertz CT molecular complexity index is 1190. The summed E-state index contributed by atoms with van der Waals surface area (Å²) in [5, 5.41) is 9.66. The maximum atomic E-state index is 11.8. The highest BCUT2D eigenvalue weighted by Gasteiger charge is 2.36. The van der Waals surface area contributed by atoms with Crippen molar-refractivity contribution in [2.75, 3.05) is 12.9 Å². The standard InChI is InChI=1S/C33H32O4S/c1-36-30-22-20-26(21-23-30)25-37-31(32(34)35)19-11-12-24-38-33(27-13-5-2-6-14-27,28-15-7-3-8-16-28)29-17-9-4-10-18-29/h2-11,13-23,31H,12,24-25H2,1H3,(H,34,35)/b19-11+/t31-/m0/s1. The fourth-order valence-corrected chi connectivity index (χ4v) is 5.85. The Morgan fingerprint density at radius 2 is 1.32 bits per heavy atom. The Morgan fingerprint density at radius 3 is 1.76 bits per heavy atom. The summed E-state index contributed by atoms with van der Waals surface area (Å²) in [4.78, 5) is 11.8. The van der Waals surface area contributed by atoms with E-state index in [1.807, 2.05) is 60.3 Å². The van der Waals surface area contributed by atoms with Crippen molar-refractivity contribution in [3.63, 3.8) is 0 Å². The zero-order valence-corrected chi connectivity index (χ0v) is 22.2. The van der Waals surface area contributed by atoms with Crippen molar-refractivity contribution in [1.29, 1.82) is 0 Å². The van der Waals surface area contributed by atoms with Gasteiger partial charge in [-0.2, -0.15) is 0 Å². The minimum Gasteiger partial charge on any atom is -0.497 e. The first-order chi connectivity index (χ1) is 18.6. The largest absolute Gasteiger partial charge is 0.497 e. The molecule has 1 atom stereocenters. The van der Waals surface area contributed by atoms with Gasteiger partial charge in [0.25, 0.3) is 0 Å². The fourth-order valence-electron chi connectivity index (χ4n) is 4.39. The highest BCUT2D eigenvalue weighted by molar-refractivity contribution is 8.00. The molecule has 5 heteroatoms. The zero-order chi connectivity index (χ0) is 26.6. The molecule has 4 aromatic rings. The molecule has 0 aliphatic heterocycles. The summed E-state index contributed by atoms with van der Waals surface area (Å²) in [6.45, 7) is 0.208. The van der Waals surface area contributed by atoms with E-state index in [1.54, 1.807) is 13.2 Å². The number of carboxylic acids is 1. The van der Waals surface area contributed by atoms with Gasteiger partial charge < -0.3 is 14.6 Å². The van der Waals surface area contributed by atoms with Crippen LogP contribution < -0.4 is 4.74 Å². The number of benzene rings is 4. The van der Waals surface area contributed by atoms with Gasteiger partial charge in [0.15, 0.2) is 6.10 Å². The molecule has 0 bridgehead atoms. The molecule has 0 saturated heterocycles. The molecule has 0 saturated carbocycles.